The number of sulfonamides is 1. The van der Waals surface area contributed by atoms with Crippen molar-refractivity contribution in [2.24, 2.45) is 5.14 Å². The minimum Gasteiger partial charge on any atom is -0.267 e. The Morgan fingerprint density at radius 2 is 1.68 bits per heavy atom. The molecule has 0 unspecified atom stereocenters. The molecule has 31 heavy (non-hydrogen) atoms. The fraction of sp³-hybridized carbons (Fsp3) is 0.238. The first-order valence-corrected chi connectivity index (χ1v) is 10.9. The van der Waals surface area contributed by atoms with Gasteiger partial charge in [-0.15, -0.1) is 0 Å². The van der Waals surface area contributed by atoms with E-state index in [1.807, 2.05) is 13.0 Å². The predicted molar refractivity (Wildman–Crippen MR) is 111 cm³/mol. The standard InChI is InChI=1S/C21H20F3N3O3S/c1-2-5-14-6-3-4-7-17(14)19-18(12-26-27(20(19)28)13-21(22,23)24)15-8-10-16(11-9-15)31(25,29)30/h3-4,6-12H,2,5,13H2,1H3,(H2,25,29,30). The number of primary sulfonamides is 1. The predicted octanol–water partition coefficient (Wildman–Crippen LogP) is 3.74. The summed E-state index contributed by atoms with van der Waals surface area (Å²) >= 11 is 0. The first kappa shape index (κ1) is 22.7. The number of rotatable bonds is 6. The second-order valence-electron chi connectivity index (χ2n) is 6.99. The maximum Gasteiger partial charge on any atom is 0.408 e. The minimum atomic E-state index is -4.62. The lowest BCUT2D eigenvalue weighted by molar-refractivity contribution is -0.143. The smallest absolute Gasteiger partial charge is 0.267 e. The van der Waals surface area contributed by atoms with Crippen LogP contribution >= 0.6 is 0 Å². The average Bonchev–Trinajstić information content (AvgIpc) is 2.69. The number of alkyl halides is 3. The summed E-state index contributed by atoms with van der Waals surface area (Å²) in [6.45, 7) is 0.442. The van der Waals surface area contributed by atoms with Crippen LogP contribution in [0.2, 0.25) is 0 Å². The van der Waals surface area contributed by atoms with Gasteiger partial charge >= 0.3 is 6.18 Å². The summed E-state index contributed by atoms with van der Waals surface area (Å²) in [5, 5.41) is 8.84. The van der Waals surface area contributed by atoms with Crippen LogP contribution in [0.15, 0.2) is 64.4 Å². The van der Waals surface area contributed by atoms with Crippen LogP contribution in [-0.2, 0) is 23.0 Å². The molecule has 0 saturated carbocycles. The van der Waals surface area contributed by atoms with Crippen LogP contribution < -0.4 is 10.7 Å². The zero-order chi connectivity index (χ0) is 22.8. The van der Waals surface area contributed by atoms with Gasteiger partial charge in [0.15, 0.2) is 0 Å². The van der Waals surface area contributed by atoms with E-state index in [0.717, 1.165) is 12.0 Å². The molecule has 2 N–H and O–H groups in total. The van der Waals surface area contributed by atoms with Crippen LogP contribution in [0.5, 0.6) is 0 Å². The molecular weight excluding hydrogens is 431 g/mol. The Labute approximate surface area is 177 Å². The molecule has 0 amide bonds. The van der Waals surface area contributed by atoms with Crippen LogP contribution in [0.1, 0.15) is 18.9 Å². The van der Waals surface area contributed by atoms with Crippen molar-refractivity contribution in [2.45, 2.75) is 37.4 Å². The zero-order valence-electron chi connectivity index (χ0n) is 16.6. The summed E-state index contributed by atoms with van der Waals surface area (Å²) in [7, 11) is -3.92. The van der Waals surface area contributed by atoms with Crippen molar-refractivity contribution in [3.05, 3.63) is 70.6 Å². The SMILES string of the molecule is CCCc1ccccc1-c1c(-c2ccc(S(N)(=O)=O)cc2)cnn(CC(F)(F)F)c1=O. The van der Waals surface area contributed by atoms with Gasteiger partial charge in [-0.1, -0.05) is 49.7 Å². The second kappa shape index (κ2) is 8.64. The molecule has 0 aliphatic heterocycles. The number of nitrogens with two attached hydrogens (primary N) is 1. The zero-order valence-corrected chi connectivity index (χ0v) is 17.4. The summed E-state index contributed by atoms with van der Waals surface area (Å²) in [4.78, 5) is 13.0. The molecule has 1 heterocycles. The minimum absolute atomic E-state index is 0.0756. The first-order valence-electron chi connectivity index (χ1n) is 9.39. The highest BCUT2D eigenvalue weighted by Gasteiger charge is 2.30. The average molecular weight is 451 g/mol. The highest BCUT2D eigenvalue weighted by molar-refractivity contribution is 7.89. The van der Waals surface area contributed by atoms with E-state index in [1.54, 1.807) is 18.2 Å². The molecule has 3 rings (SSSR count). The largest absolute Gasteiger partial charge is 0.408 e. The molecule has 0 atom stereocenters. The quantitative estimate of drug-likeness (QED) is 0.618. The molecule has 2 aromatic carbocycles. The fourth-order valence-electron chi connectivity index (χ4n) is 3.33. The van der Waals surface area contributed by atoms with Gasteiger partial charge in [0.05, 0.1) is 16.7 Å². The van der Waals surface area contributed by atoms with Gasteiger partial charge in [0.25, 0.3) is 5.56 Å². The van der Waals surface area contributed by atoms with Gasteiger partial charge in [0.1, 0.15) is 6.54 Å². The number of aromatic nitrogens is 2. The number of hydrogen-bond donors (Lipinski definition) is 1. The second-order valence-corrected chi connectivity index (χ2v) is 8.55. The lowest BCUT2D eigenvalue weighted by Crippen LogP contribution is -2.31. The molecule has 0 bridgehead atoms. The molecule has 10 heteroatoms. The van der Waals surface area contributed by atoms with Gasteiger partial charge in [-0.05, 0) is 35.2 Å². The lowest BCUT2D eigenvalue weighted by atomic mass is 9.92. The summed E-state index contributed by atoms with van der Waals surface area (Å²) < 4.78 is 62.3. The highest BCUT2D eigenvalue weighted by atomic mass is 32.2. The number of halogens is 3. The first-order chi connectivity index (χ1) is 14.5. The molecule has 0 saturated heterocycles. The van der Waals surface area contributed by atoms with Crippen LogP contribution in [0.4, 0.5) is 13.2 Å². The lowest BCUT2D eigenvalue weighted by Gasteiger charge is -2.16. The number of nitrogens with zero attached hydrogens (tertiary/aromatic N) is 2. The van der Waals surface area contributed by atoms with Crippen LogP contribution in [0.3, 0.4) is 0 Å². The normalized spacial score (nSPS) is 12.2. The Balaban J connectivity index is 2.28. The van der Waals surface area contributed by atoms with E-state index in [-0.39, 0.29) is 10.5 Å². The van der Waals surface area contributed by atoms with Crippen molar-refractivity contribution in [3.63, 3.8) is 0 Å². The summed E-state index contributed by atoms with van der Waals surface area (Å²) in [6, 6.07) is 12.4. The van der Waals surface area contributed by atoms with Crippen molar-refractivity contribution in [1.82, 2.24) is 9.78 Å². The molecule has 3 aromatic rings. The third-order valence-corrected chi connectivity index (χ3v) is 5.60. The monoisotopic (exact) mass is 451 g/mol. The molecule has 0 radical (unpaired) electrons. The van der Waals surface area contributed by atoms with Crippen molar-refractivity contribution >= 4 is 10.0 Å². The molecular formula is C21H20F3N3O3S. The fourth-order valence-corrected chi connectivity index (χ4v) is 3.84. The molecule has 0 aliphatic rings. The summed E-state index contributed by atoms with van der Waals surface area (Å²) in [5.74, 6) is 0. The molecule has 0 spiro atoms. The van der Waals surface area contributed by atoms with Gasteiger partial charge in [0, 0.05) is 5.56 Å². The van der Waals surface area contributed by atoms with E-state index < -0.39 is 28.3 Å². The number of benzene rings is 2. The van der Waals surface area contributed by atoms with Gasteiger partial charge in [-0.25, -0.2) is 18.2 Å². The highest BCUT2D eigenvalue weighted by Crippen LogP contribution is 2.32. The molecule has 6 nitrogen and oxygen atoms in total. The number of hydrogen-bond acceptors (Lipinski definition) is 4. The third kappa shape index (κ3) is 5.20. The van der Waals surface area contributed by atoms with Crippen LogP contribution in [0, 0.1) is 0 Å². The Kier molecular flexibility index (Phi) is 6.33. The van der Waals surface area contributed by atoms with Gasteiger partial charge in [-0.3, -0.25) is 4.79 Å². The van der Waals surface area contributed by atoms with Crippen LogP contribution in [0.25, 0.3) is 22.3 Å². The Morgan fingerprint density at radius 3 is 2.26 bits per heavy atom. The molecule has 1 aromatic heterocycles. The van der Waals surface area contributed by atoms with Crippen molar-refractivity contribution in [1.29, 1.82) is 0 Å². The van der Waals surface area contributed by atoms with E-state index in [4.69, 9.17) is 5.14 Å². The third-order valence-electron chi connectivity index (χ3n) is 4.67. The molecule has 0 aliphatic carbocycles. The van der Waals surface area contributed by atoms with Gasteiger partial charge in [-0.2, -0.15) is 18.3 Å². The number of aryl methyl sites for hydroxylation is 1. The van der Waals surface area contributed by atoms with Crippen molar-refractivity contribution < 1.29 is 21.6 Å². The Hall–Kier alpha value is -2.98. The summed E-state index contributed by atoms with van der Waals surface area (Å²) in [6.07, 6.45) is -2.02. The van der Waals surface area contributed by atoms with E-state index in [0.29, 0.717) is 27.8 Å². The van der Waals surface area contributed by atoms with E-state index in [1.165, 1.54) is 30.5 Å². The summed E-state index contributed by atoms with van der Waals surface area (Å²) in [5.41, 5.74) is 1.25. The van der Waals surface area contributed by atoms with Gasteiger partial charge < -0.3 is 0 Å². The van der Waals surface area contributed by atoms with E-state index in [2.05, 4.69) is 5.10 Å². The topological polar surface area (TPSA) is 95.1 Å². The molecule has 164 valence electrons. The van der Waals surface area contributed by atoms with E-state index >= 15 is 0 Å². The van der Waals surface area contributed by atoms with Crippen LogP contribution in [-0.4, -0.2) is 24.4 Å². The van der Waals surface area contributed by atoms with Crippen molar-refractivity contribution in [2.75, 3.05) is 0 Å². The molecule has 0 fully saturated rings. The Bertz CT molecular complexity index is 1250. The maximum atomic E-state index is 13.1. The van der Waals surface area contributed by atoms with Crippen molar-refractivity contribution in [3.8, 4) is 22.3 Å². The van der Waals surface area contributed by atoms with E-state index in [9.17, 15) is 26.4 Å². The maximum absolute atomic E-state index is 13.1. The van der Waals surface area contributed by atoms with Gasteiger partial charge in [0.2, 0.25) is 10.0 Å². The Morgan fingerprint density at radius 1 is 1.03 bits per heavy atom.